The van der Waals surface area contributed by atoms with Gasteiger partial charge in [0.1, 0.15) is 6.61 Å². The molecule has 0 spiro atoms. The molecule has 0 aliphatic heterocycles. The van der Waals surface area contributed by atoms with Crippen LogP contribution in [0.15, 0.2) is 72.8 Å². The molecule has 0 saturated heterocycles. The standard InChI is InChI=1S/C30H37N3O2/c1-30(2,3)19-22(31)18-21-12-14-23(15-13-21)32-16-17-33-29(34)35-20-28-26-10-6-4-8-24(26)25-9-5-7-11-27(25)28/h4-15,22,28,32H,16-20,31H2,1-3H3,(H,33,34). The zero-order chi connectivity index (χ0) is 24.8. The normalized spacial score (nSPS) is 13.6. The molecule has 0 bridgehead atoms. The lowest BCUT2D eigenvalue weighted by Gasteiger charge is -2.23. The minimum Gasteiger partial charge on any atom is -0.449 e. The van der Waals surface area contributed by atoms with Gasteiger partial charge >= 0.3 is 6.09 Å². The first kappa shape index (κ1) is 24.8. The van der Waals surface area contributed by atoms with Crippen molar-refractivity contribution in [2.75, 3.05) is 25.0 Å². The molecular formula is C30H37N3O2. The van der Waals surface area contributed by atoms with Crippen molar-refractivity contribution in [1.82, 2.24) is 5.32 Å². The van der Waals surface area contributed by atoms with E-state index in [9.17, 15) is 4.79 Å². The van der Waals surface area contributed by atoms with Gasteiger partial charge in [-0.05, 0) is 58.2 Å². The van der Waals surface area contributed by atoms with Crippen LogP contribution in [-0.2, 0) is 11.2 Å². The highest BCUT2D eigenvalue weighted by molar-refractivity contribution is 5.79. The Bertz CT molecular complexity index is 1090. The molecule has 1 amide bonds. The lowest BCUT2D eigenvalue weighted by Crippen LogP contribution is -2.30. The van der Waals surface area contributed by atoms with E-state index in [1.54, 1.807) is 0 Å². The van der Waals surface area contributed by atoms with Gasteiger partial charge < -0.3 is 21.1 Å². The van der Waals surface area contributed by atoms with Crippen LogP contribution in [0.4, 0.5) is 10.5 Å². The molecule has 3 aromatic rings. The first-order valence-corrected chi connectivity index (χ1v) is 12.5. The molecule has 0 saturated carbocycles. The number of hydrogen-bond donors (Lipinski definition) is 3. The Hall–Kier alpha value is -3.31. The molecule has 0 aromatic heterocycles. The minimum atomic E-state index is -0.392. The van der Waals surface area contributed by atoms with Crippen molar-refractivity contribution in [3.05, 3.63) is 89.5 Å². The number of anilines is 1. The zero-order valence-electron chi connectivity index (χ0n) is 21.0. The summed E-state index contributed by atoms with van der Waals surface area (Å²) in [4.78, 5) is 12.3. The lowest BCUT2D eigenvalue weighted by atomic mass is 9.86. The van der Waals surface area contributed by atoms with E-state index in [4.69, 9.17) is 10.5 Å². The number of carbonyl (C=O) groups is 1. The van der Waals surface area contributed by atoms with Crippen LogP contribution in [0.5, 0.6) is 0 Å². The highest BCUT2D eigenvalue weighted by atomic mass is 16.5. The van der Waals surface area contributed by atoms with Gasteiger partial charge in [0.15, 0.2) is 0 Å². The Kier molecular flexibility index (Phi) is 7.76. The summed E-state index contributed by atoms with van der Waals surface area (Å²) in [5, 5.41) is 6.18. The molecule has 0 fully saturated rings. The summed E-state index contributed by atoms with van der Waals surface area (Å²) in [6, 6.07) is 25.2. The van der Waals surface area contributed by atoms with Crippen LogP contribution in [0.1, 0.15) is 49.8 Å². The van der Waals surface area contributed by atoms with Crippen molar-refractivity contribution < 1.29 is 9.53 Å². The summed E-state index contributed by atoms with van der Waals surface area (Å²) in [6.07, 6.45) is 1.48. The number of carbonyl (C=O) groups excluding carboxylic acids is 1. The molecule has 4 N–H and O–H groups in total. The van der Waals surface area contributed by atoms with E-state index in [1.165, 1.54) is 27.8 Å². The van der Waals surface area contributed by atoms with Crippen molar-refractivity contribution in [3.63, 3.8) is 0 Å². The van der Waals surface area contributed by atoms with Gasteiger partial charge in [-0.1, -0.05) is 81.4 Å². The molecule has 5 nitrogen and oxygen atoms in total. The second-order valence-corrected chi connectivity index (χ2v) is 10.6. The van der Waals surface area contributed by atoms with Crippen molar-refractivity contribution in [2.24, 2.45) is 11.1 Å². The molecule has 184 valence electrons. The molecule has 5 heteroatoms. The number of hydrogen-bond acceptors (Lipinski definition) is 4. The van der Waals surface area contributed by atoms with E-state index >= 15 is 0 Å². The highest BCUT2D eigenvalue weighted by Crippen LogP contribution is 2.44. The van der Waals surface area contributed by atoms with Crippen molar-refractivity contribution in [3.8, 4) is 11.1 Å². The fourth-order valence-corrected chi connectivity index (χ4v) is 4.94. The smallest absolute Gasteiger partial charge is 0.407 e. The molecule has 1 atom stereocenters. The zero-order valence-corrected chi connectivity index (χ0v) is 21.0. The third-order valence-electron chi connectivity index (χ3n) is 6.39. The van der Waals surface area contributed by atoms with Crippen LogP contribution in [0.25, 0.3) is 11.1 Å². The monoisotopic (exact) mass is 471 g/mol. The van der Waals surface area contributed by atoms with Crippen LogP contribution in [0.3, 0.4) is 0 Å². The number of amides is 1. The van der Waals surface area contributed by atoms with Gasteiger partial charge in [-0.2, -0.15) is 0 Å². The average Bonchev–Trinajstić information content (AvgIpc) is 3.14. The Morgan fingerprint density at radius 3 is 2.11 bits per heavy atom. The van der Waals surface area contributed by atoms with Gasteiger partial charge in [0, 0.05) is 30.7 Å². The van der Waals surface area contributed by atoms with Crippen molar-refractivity contribution in [1.29, 1.82) is 0 Å². The first-order valence-electron chi connectivity index (χ1n) is 12.5. The highest BCUT2D eigenvalue weighted by Gasteiger charge is 2.28. The number of rotatable bonds is 9. The number of nitrogens with two attached hydrogens (primary N) is 1. The van der Waals surface area contributed by atoms with E-state index in [2.05, 4.69) is 79.9 Å². The molecule has 0 radical (unpaired) electrons. The SMILES string of the molecule is CC(C)(C)CC(N)Cc1ccc(NCCNC(=O)OCC2c3ccccc3-c3ccccc32)cc1. The van der Waals surface area contributed by atoms with Gasteiger partial charge in [0.2, 0.25) is 0 Å². The number of fused-ring (bicyclic) bond motifs is 3. The van der Waals surface area contributed by atoms with E-state index in [1.807, 2.05) is 24.3 Å². The Morgan fingerprint density at radius 1 is 0.914 bits per heavy atom. The maximum atomic E-state index is 12.3. The summed E-state index contributed by atoms with van der Waals surface area (Å²) >= 11 is 0. The van der Waals surface area contributed by atoms with Crippen LogP contribution < -0.4 is 16.4 Å². The topological polar surface area (TPSA) is 76.4 Å². The van der Waals surface area contributed by atoms with E-state index in [-0.39, 0.29) is 17.4 Å². The Labute approximate surface area is 209 Å². The molecule has 0 heterocycles. The number of alkyl carbamates (subject to hydrolysis) is 1. The number of ether oxygens (including phenoxy) is 1. The number of benzene rings is 3. The van der Waals surface area contributed by atoms with Gasteiger partial charge in [-0.25, -0.2) is 4.79 Å². The number of nitrogens with one attached hydrogen (secondary N) is 2. The maximum absolute atomic E-state index is 12.3. The van der Waals surface area contributed by atoms with Gasteiger partial charge in [-0.15, -0.1) is 0 Å². The molecule has 35 heavy (non-hydrogen) atoms. The second-order valence-electron chi connectivity index (χ2n) is 10.6. The maximum Gasteiger partial charge on any atom is 0.407 e. The van der Waals surface area contributed by atoms with E-state index < -0.39 is 6.09 Å². The summed E-state index contributed by atoms with van der Waals surface area (Å²) in [6.45, 7) is 8.08. The Morgan fingerprint density at radius 2 is 1.51 bits per heavy atom. The third kappa shape index (κ3) is 6.64. The van der Waals surface area contributed by atoms with Gasteiger partial charge in [-0.3, -0.25) is 0 Å². The summed E-state index contributed by atoms with van der Waals surface area (Å²) in [5.74, 6) is 0.0707. The molecule has 1 aliphatic rings. The minimum absolute atomic E-state index is 0.0707. The molecule has 3 aromatic carbocycles. The second kappa shape index (κ2) is 11.0. The fourth-order valence-electron chi connectivity index (χ4n) is 4.94. The quantitative estimate of drug-likeness (QED) is 0.337. The molecule has 1 unspecified atom stereocenters. The van der Waals surface area contributed by atoms with E-state index in [0.29, 0.717) is 19.7 Å². The molecular weight excluding hydrogens is 434 g/mol. The first-order chi connectivity index (χ1) is 16.8. The summed E-state index contributed by atoms with van der Waals surface area (Å²) in [7, 11) is 0. The van der Waals surface area contributed by atoms with Crippen LogP contribution >= 0.6 is 0 Å². The third-order valence-corrected chi connectivity index (χ3v) is 6.39. The average molecular weight is 472 g/mol. The summed E-state index contributed by atoms with van der Waals surface area (Å²) < 4.78 is 5.59. The van der Waals surface area contributed by atoms with Crippen LogP contribution in [-0.4, -0.2) is 31.8 Å². The van der Waals surface area contributed by atoms with Crippen LogP contribution in [0.2, 0.25) is 0 Å². The van der Waals surface area contributed by atoms with Crippen molar-refractivity contribution >= 4 is 11.8 Å². The lowest BCUT2D eigenvalue weighted by molar-refractivity contribution is 0.143. The Balaban J connectivity index is 1.19. The van der Waals surface area contributed by atoms with E-state index in [0.717, 1.165) is 18.5 Å². The largest absolute Gasteiger partial charge is 0.449 e. The molecule has 4 rings (SSSR count). The van der Waals surface area contributed by atoms with Crippen molar-refractivity contribution in [2.45, 2.75) is 45.6 Å². The fraction of sp³-hybridized carbons (Fsp3) is 0.367. The van der Waals surface area contributed by atoms with Gasteiger partial charge in [0.25, 0.3) is 0 Å². The summed E-state index contributed by atoms with van der Waals surface area (Å²) in [5.41, 5.74) is 13.7. The van der Waals surface area contributed by atoms with Crippen LogP contribution in [0, 0.1) is 5.41 Å². The molecule has 1 aliphatic carbocycles. The predicted molar refractivity (Wildman–Crippen MR) is 144 cm³/mol. The van der Waals surface area contributed by atoms with Gasteiger partial charge in [0.05, 0.1) is 0 Å². The predicted octanol–water partition coefficient (Wildman–Crippen LogP) is 5.94.